The number of aryl methyl sites for hydroxylation is 1. The Hall–Kier alpha value is -2.93. The molecule has 3 rings (SSSR count). The molecule has 8 nitrogen and oxygen atoms in total. The van der Waals surface area contributed by atoms with Crippen LogP contribution >= 0.6 is 11.3 Å². The minimum Gasteiger partial charge on any atom is -0.444 e. The molecule has 0 fully saturated rings. The average Bonchev–Trinajstić information content (AvgIpc) is 3.33. The van der Waals surface area contributed by atoms with Crippen LogP contribution in [-0.2, 0) is 34.3 Å². The number of carbonyl (C=O) groups excluding carboxylic acids is 1. The van der Waals surface area contributed by atoms with Gasteiger partial charge in [0.25, 0.3) is 0 Å². The van der Waals surface area contributed by atoms with Crippen LogP contribution in [0.3, 0.4) is 0 Å². The number of carbonyl (C=O) groups is 1. The maximum atomic E-state index is 13.5. The Balaban J connectivity index is 1.92. The third-order valence-electron chi connectivity index (χ3n) is 4.16. The van der Waals surface area contributed by atoms with Crippen molar-refractivity contribution in [3.63, 3.8) is 0 Å². The number of halogens is 3. The second-order valence-corrected chi connectivity index (χ2v) is 11.4. The first-order valence-corrected chi connectivity index (χ1v) is 11.8. The Kier molecular flexibility index (Phi) is 6.58. The van der Waals surface area contributed by atoms with Gasteiger partial charge in [-0.15, -0.1) is 11.3 Å². The largest absolute Gasteiger partial charge is 0.444 e. The summed E-state index contributed by atoms with van der Waals surface area (Å²) in [6, 6.07) is 2.63. The number of rotatable bonds is 5. The molecule has 0 aliphatic heterocycles. The van der Waals surface area contributed by atoms with Crippen LogP contribution in [0.25, 0.3) is 11.1 Å². The minimum atomic E-state index is -4.75. The first-order chi connectivity index (χ1) is 15.1. The lowest BCUT2D eigenvalue weighted by Gasteiger charge is -2.19. The number of aromatic nitrogens is 3. The molecule has 1 aromatic carbocycles. The van der Waals surface area contributed by atoms with Crippen molar-refractivity contribution < 1.29 is 31.1 Å². The monoisotopic (exact) mass is 502 g/mol. The highest BCUT2D eigenvalue weighted by atomic mass is 32.2. The van der Waals surface area contributed by atoms with Gasteiger partial charge in [0.1, 0.15) is 14.8 Å². The fourth-order valence-electron chi connectivity index (χ4n) is 2.73. The SMILES string of the molecule is Cn1cc(-c2cc(C(F)(F)F)cc(S(=O)(=O)c3cnc(CNC(=O)OC(C)(C)C)s3)c2)cn1. The number of thiazole rings is 1. The molecule has 13 heteroatoms. The summed E-state index contributed by atoms with van der Waals surface area (Å²) in [6.07, 6.45) is -1.58. The zero-order chi connectivity index (χ0) is 24.6. The Morgan fingerprint density at radius 1 is 1.15 bits per heavy atom. The Bertz CT molecular complexity index is 1270. The molecule has 33 heavy (non-hydrogen) atoms. The molecule has 1 N–H and O–H groups in total. The van der Waals surface area contributed by atoms with Gasteiger partial charge in [-0.3, -0.25) is 4.68 Å². The quantitative estimate of drug-likeness (QED) is 0.554. The van der Waals surface area contributed by atoms with Gasteiger partial charge < -0.3 is 10.1 Å². The van der Waals surface area contributed by atoms with Crippen LogP contribution in [0.4, 0.5) is 18.0 Å². The van der Waals surface area contributed by atoms with Crippen molar-refractivity contribution in [2.24, 2.45) is 7.05 Å². The molecule has 0 saturated carbocycles. The second-order valence-electron chi connectivity index (χ2n) is 8.08. The molecule has 2 aromatic heterocycles. The van der Waals surface area contributed by atoms with E-state index >= 15 is 0 Å². The van der Waals surface area contributed by atoms with Crippen LogP contribution in [0.5, 0.6) is 0 Å². The molecular formula is C20H21F3N4O4S2. The Morgan fingerprint density at radius 3 is 2.42 bits per heavy atom. The van der Waals surface area contributed by atoms with E-state index in [9.17, 15) is 26.4 Å². The summed E-state index contributed by atoms with van der Waals surface area (Å²) in [4.78, 5) is 15.2. The molecule has 0 radical (unpaired) electrons. The first-order valence-electron chi connectivity index (χ1n) is 9.53. The van der Waals surface area contributed by atoms with Crippen LogP contribution < -0.4 is 5.32 Å². The molecule has 0 saturated heterocycles. The van der Waals surface area contributed by atoms with Crippen molar-refractivity contribution in [3.8, 4) is 11.1 Å². The molecule has 0 aliphatic rings. The van der Waals surface area contributed by atoms with Crippen molar-refractivity contribution in [1.29, 1.82) is 0 Å². The fraction of sp³-hybridized carbons (Fsp3) is 0.350. The van der Waals surface area contributed by atoms with Gasteiger partial charge in [0, 0.05) is 18.8 Å². The summed E-state index contributed by atoms with van der Waals surface area (Å²) in [6.45, 7) is 4.97. The molecular weight excluding hydrogens is 481 g/mol. The average molecular weight is 503 g/mol. The molecule has 0 aliphatic carbocycles. The molecule has 1 amide bonds. The maximum absolute atomic E-state index is 13.5. The highest BCUT2D eigenvalue weighted by Crippen LogP contribution is 2.36. The number of alkyl halides is 3. The minimum absolute atomic E-state index is 0.0628. The van der Waals surface area contributed by atoms with E-state index in [1.54, 1.807) is 27.8 Å². The molecule has 0 spiro atoms. The van der Waals surface area contributed by atoms with Crippen LogP contribution in [0.2, 0.25) is 0 Å². The first kappa shape index (κ1) is 24.7. The Morgan fingerprint density at radius 2 is 1.85 bits per heavy atom. The highest BCUT2D eigenvalue weighted by Gasteiger charge is 2.33. The summed E-state index contributed by atoms with van der Waals surface area (Å²) in [5.74, 6) is 0. The standard InChI is InChI=1S/C20H21F3N4O4S2/c1-19(2,3)31-18(28)25-9-16-24-10-17(32-16)33(29,30)15-6-12(13-8-26-27(4)11-13)5-14(7-15)20(21,22)23/h5-8,10-11H,9H2,1-4H3,(H,25,28). The predicted molar refractivity (Wildman–Crippen MR) is 114 cm³/mol. The van der Waals surface area contributed by atoms with Gasteiger partial charge in [0.15, 0.2) is 0 Å². The molecule has 0 bridgehead atoms. The molecule has 3 aromatic rings. The number of alkyl carbamates (subject to hydrolysis) is 1. The summed E-state index contributed by atoms with van der Waals surface area (Å²) in [7, 11) is -2.71. The summed E-state index contributed by atoms with van der Waals surface area (Å²) < 4.78 is 72.9. The van der Waals surface area contributed by atoms with Crippen LogP contribution in [0.1, 0.15) is 31.3 Å². The molecule has 178 valence electrons. The lowest BCUT2D eigenvalue weighted by atomic mass is 10.1. The Labute approximate surface area is 192 Å². The number of hydrogen-bond acceptors (Lipinski definition) is 7. The van der Waals surface area contributed by atoms with E-state index in [4.69, 9.17) is 4.74 Å². The van der Waals surface area contributed by atoms with Gasteiger partial charge in [-0.25, -0.2) is 18.2 Å². The lowest BCUT2D eigenvalue weighted by molar-refractivity contribution is -0.137. The third kappa shape index (κ3) is 6.11. The molecule has 0 unspecified atom stereocenters. The van der Waals surface area contributed by atoms with E-state index in [-0.39, 0.29) is 21.3 Å². The smallest absolute Gasteiger partial charge is 0.416 e. The van der Waals surface area contributed by atoms with Crippen molar-refractivity contribution >= 4 is 27.3 Å². The normalized spacial score (nSPS) is 12.6. The predicted octanol–water partition coefficient (Wildman–Crippen LogP) is 4.42. The molecule has 2 heterocycles. The van der Waals surface area contributed by atoms with Crippen molar-refractivity contribution in [2.45, 2.75) is 48.2 Å². The van der Waals surface area contributed by atoms with E-state index < -0.39 is 38.2 Å². The number of nitrogens with zero attached hydrogens (tertiary/aromatic N) is 3. The van der Waals surface area contributed by atoms with E-state index in [0.29, 0.717) is 11.6 Å². The number of sulfone groups is 1. The topological polar surface area (TPSA) is 103 Å². The summed E-state index contributed by atoms with van der Waals surface area (Å²) in [5.41, 5.74) is -1.41. The van der Waals surface area contributed by atoms with Gasteiger partial charge in [0.05, 0.1) is 29.4 Å². The van der Waals surface area contributed by atoms with Crippen LogP contribution in [-0.4, -0.2) is 34.9 Å². The lowest BCUT2D eigenvalue weighted by Crippen LogP contribution is -2.32. The van der Waals surface area contributed by atoms with Gasteiger partial charge in [-0.05, 0) is 44.5 Å². The maximum Gasteiger partial charge on any atom is 0.416 e. The number of amides is 1. The number of ether oxygens (including phenoxy) is 1. The van der Waals surface area contributed by atoms with Gasteiger partial charge in [-0.2, -0.15) is 18.3 Å². The number of benzene rings is 1. The highest BCUT2D eigenvalue weighted by molar-refractivity contribution is 7.93. The van der Waals surface area contributed by atoms with Crippen LogP contribution in [0.15, 0.2) is 45.9 Å². The zero-order valence-corrected chi connectivity index (χ0v) is 19.7. The summed E-state index contributed by atoms with van der Waals surface area (Å²) in [5, 5.41) is 6.63. The van der Waals surface area contributed by atoms with E-state index in [0.717, 1.165) is 23.6 Å². The van der Waals surface area contributed by atoms with Gasteiger partial charge in [0.2, 0.25) is 9.84 Å². The van der Waals surface area contributed by atoms with Crippen molar-refractivity contribution in [1.82, 2.24) is 20.1 Å². The van der Waals surface area contributed by atoms with Gasteiger partial charge in [-0.1, -0.05) is 0 Å². The van der Waals surface area contributed by atoms with Crippen LogP contribution in [0, 0.1) is 0 Å². The van der Waals surface area contributed by atoms with Crippen molar-refractivity contribution in [2.75, 3.05) is 0 Å². The number of nitrogens with one attached hydrogen (secondary N) is 1. The van der Waals surface area contributed by atoms with E-state index in [1.165, 1.54) is 23.1 Å². The van der Waals surface area contributed by atoms with E-state index in [1.807, 2.05) is 0 Å². The van der Waals surface area contributed by atoms with Crippen molar-refractivity contribution in [3.05, 3.63) is 47.4 Å². The second kappa shape index (κ2) is 8.78. The van der Waals surface area contributed by atoms with E-state index in [2.05, 4.69) is 15.4 Å². The fourth-order valence-corrected chi connectivity index (χ4v) is 5.32. The van der Waals surface area contributed by atoms with Gasteiger partial charge >= 0.3 is 12.3 Å². The summed E-state index contributed by atoms with van der Waals surface area (Å²) >= 11 is 0.747. The molecule has 0 atom stereocenters. The zero-order valence-electron chi connectivity index (χ0n) is 18.1. The third-order valence-corrected chi connectivity index (χ3v) is 7.35. The number of hydrogen-bond donors (Lipinski definition) is 1.